The summed E-state index contributed by atoms with van der Waals surface area (Å²) in [6.07, 6.45) is 1.58. The highest BCUT2D eigenvalue weighted by molar-refractivity contribution is 8.26. The maximum Gasteiger partial charge on any atom is 0.266 e. The highest BCUT2D eigenvalue weighted by Gasteiger charge is 2.48. The topological polar surface area (TPSA) is 76.2 Å². The molecule has 2 aliphatic rings. The summed E-state index contributed by atoms with van der Waals surface area (Å²) in [4.78, 5) is 42.2. The minimum absolute atomic E-state index is 0.118. The van der Waals surface area contributed by atoms with E-state index in [4.69, 9.17) is 21.7 Å². The second kappa shape index (κ2) is 11.0. The fraction of sp³-hybridized carbons (Fsp3) is 0.200. The summed E-state index contributed by atoms with van der Waals surface area (Å²) in [5.74, 6) is -0.119. The molecule has 5 rings (SSSR count). The van der Waals surface area contributed by atoms with Gasteiger partial charge in [-0.05, 0) is 60.9 Å². The highest BCUT2D eigenvalue weighted by atomic mass is 32.2. The number of thiocarbonyl (C=S) groups is 1. The normalized spacial score (nSPS) is 18.4. The lowest BCUT2D eigenvalue weighted by Crippen LogP contribution is -2.44. The summed E-state index contributed by atoms with van der Waals surface area (Å²) < 4.78 is 11.7. The first kappa shape index (κ1) is 26.6. The molecule has 3 amide bonds. The zero-order chi connectivity index (χ0) is 27.7. The molecule has 3 aromatic rings. The van der Waals surface area contributed by atoms with Crippen molar-refractivity contribution < 1.29 is 23.9 Å². The van der Waals surface area contributed by atoms with Gasteiger partial charge in [-0.25, -0.2) is 4.90 Å². The van der Waals surface area contributed by atoms with Gasteiger partial charge in [0.05, 0.1) is 24.1 Å². The van der Waals surface area contributed by atoms with Crippen molar-refractivity contribution in [3.05, 3.63) is 93.9 Å². The Morgan fingerprint density at radius 2 is 1.74 bits per heavy atom. The fourth-order valence-corrected chi connectivity index (χ4v) is 5.85. The van der Waals surface area contributed by atoms with Gasteiger partial charge in [-0.15, -0.1) is 0 Å². The zero-order valence-electron chi connectivity index (χ0n) is 21.7. The van der Waals surface area contributed by atoms with E-state index in [0.29, 0.717) is 34.3 Å². The maximum absolute atomic E-state index is 13.4. The van der Waals surface area contributed by atoms with Crippen molar-refractivity contribution in [1.82, 2.24) is 4.90 Å². The van der Waals surface area contributed by atoms with Crippen LogP contribution in [0.3, 0.4) is 0 Å². The summed E-state index contributed by atoms with van der Waals surface area (Å²) >= 11 is 6.58. The molecule has 0 aromatic heterocycles. The van der Waals surface area contributed by atoms with Crippen LogP contribution in [-0.2, 0) is 21.0 Å². The lowest BCUT2D eigenvalue weighted by molar-refractivity contribution is -0.129. The van der Waals surface area contributed by atoms with Gasteiger partial charge in [0, 0.05) is 0 Å². The quantitative estimate of drug-likeness (QED) is 0.218. The molecule has 0 spiro atoms. The number of thioether (sulfide) groups is 1. The first-order chi connectivity index (χ1) is 18.7. The average molecular weight is 559 g/mol. The van der Waals surface area contributed by atoms with Crippen LogP contribution in [0.4, 0.5) is 5.69 Å². The Balaban J connectivity index is 1.32. The SMILES string of the molecule is COc1cc(/C=C2\SC(=S)N(C3CC(=O)N(c4cccc(C)c4)C3=O)C2=O)ccc1OCc1ccc(C)cc1. The zero-order valence-corrected chi connectivity index (χ0v) is 23.3. The fourth-order valence-electron chi connectivity index (χ4n) is 4.49. The van der Waals surface area contributed by atoms with Gasteiger partial charge >= 0.3 is 0 Å². The Bertz CT molecular complexity index is 1520. The van der Waals surface area contributed by atoms with Gasteiger partial charge in [0.2, 0.25) is 5.91 Å². The largest absolute Gasteiger partial charge is 0.493 e. The van der Waals surface area contributed by atoms with Gasteiger partial charge in [0.25, 0.3) is 11.8 Å². The molecule has 3 aromatic carbocycles. The van der Waals surface area contributed by atoms with Crippen molar-refractivity contribution in [2.45, 2.75) is 32.9 Å². The number of carbonyl (C=O) groups excluding carboxylic acids is 3. The molecule has 0 N–H and O–H groups in total. The molecule has 198 valence electrons. The lowest BCUT2D eigenvalue weighted by atomic mass is 10.1. The Kier molecular flexibility index (Phi) is 7.54. The summed E-state index contributed by atoms with van der Waals surface area (Å²) in [6.45, 7) is 4.31. The molecule has 1 atom stereocenters. The van der Waals surface area contributed by atoms with E-state index >= 15 is 0 Å². The van der Waals surface area contributed by atoms with Crippen LogP contribution in [0.2, 0.25) is 0 Å². The van der Waals surface area contributed by atoms with E-state index in [1.807, 2.05) is 50.2 Å². The molecule has 0 saturated carbocycles. The molecule has 0 bridgehead atoms. The van der Waals surface area contributed by atoms with Crippen molar-refractivity contribution >= 4 is 57.8 Å². The maximum atomic E-state index is 13.4. The molecule has 2 heterocycles. The molecule has 1 unspecified atom stereocenters. The lowest BCUT2D eigenvalue weighted by Gasteiger charge is -2.21. The number of imide groups is 1. The number of ether oxygens (including phenoxy) is 2. The third-order valence-corrected chi connectivity index (χ3v) is 7.85. The molecule has 9 heteroatoms. The molecule has 7 nitrogen and oxygen atoms in total. The molecule has 0 aliphatic carbocycles. The van der Waals surface area contributed by atoms with Crippen molar-refractivity contribution in [2.24, 2.45) is 0 Å². The minimum atomic E-state index is -0.969. The van der Waals surface area contributed by atoms with Crippen molar-refractivity contribution in [1.29, 1.82) is 0 Å². The van der Waals surface area contributed by atoms with Gasteiger partial charge in [-0.3, -0.25) is 19.3 Å². The number of methoxy groups -OCH3 is 1. The number of hydrogen-bond donors (Lipinski definition) is 0. The molecular weight excluding hydrogens is 532 g/mol. The van der Waals surface area contributed by atoms with E-state index in [1.54, 1.807) is 43.5 Å². The van der Waals surface area contributed by atoms with Gasteiger partial charge < -0.3 is 9.47 Å². The number of anilines is 1. The first-order valence-corrected chi connectivity index (χ1v) is 13.5. The smallest absolute Gasteiger partial charge is 0.266 e. The van der Waals surface area contributed by atoms with E-state index in [-0.39, 0.29) is 16.6 Å². The van der Waals surface area contributed by atoms with Crippen LogP contribution in [0.15, 0.2) is 71.6 Å². The molecule has 2 aliphatic heterocycles. The number of amides is 3. The van der Waals surface area contributed by atoms with Crippen LogP contribution in [-0.4, -0.2) is 40.1 Å². The third-order valence-electron chi connectivity index (χ3n) is 6.52. The molecule has 39 heavy (non-hydrogen) atoms. The van der Waals surface area contributed by atoms with Crippen LogP contribution >= 0.6 is 24.0 Å². The Labute approximate surface area is 236 Å². The molecule has 2 saturated heterocycles. The first-order valence-electron chi connectivity index (χ1n) is 12.3. The van der Waals surface area contributed by atoms with E-state index in [1.165, 1.54) is 10.5 Å². The van der Waals surface area contributed by atoms with E-state index in [0.717, 1.165) is 27.8 Å². The van der Waals surface area contributed by atoms with Crippen LogP contribution in [0, 0.1) is 13.8 Å². The van der Waals surface area contributed by atoms with Crippen LogP contribution in [0.5, 0.6) is 11.5 Å². The molecule has 0 radical (unpaired) electrons. The predicted molar refractivity (Wildman–Crippen MR) is 156 cm³/mol. The Morgan fingerprint density at radius 3 is 2.46 bits per heavy atom. The monoisotopic (exact) mass is 558 g/mol. The van der Waals surface area contributed by atoms with Crippen LogP contribution < -0.4 is 14.4 Å². The van der Waals surface area contributed by atoms with Crippen molar-refractivity contribution in [2.75, 3.05) is 12.0 Å². The van der Waals surface area contributed by atoms with Gasteiger partial charge in [-0.2, -0.15) is 0 Å². The summed E-state index contributed by atoms with van der Waals surface area (Å²) in [5, 5.41) is 0. The second-order valence-electron chi connectivity index (χ2n) is 9.36. The Morgan fingerprint density at radius 1 is 0.974 bits per heavy atom. The van der Waals surface area contributed by atoms with Crippen LogP contribution in [0.25, 0.3) is 6.08 Å². The standard InChI is InChI=1S/C30H26N2O5S2/c1-18-7-9-20(10-8-18)17-37-24-12-11-21(14-25(24)36-3)15-26-29(35)32(30(38)39-26)23-16-27(33)31(28(23)34)22-6-4-5-19(2)13-22/h4-15,23H,16-17H2,1-3H3/b26-15-. The number of rotatable bonds is 7. The Hall–Kier alpha value is -3.95. The van der Waals surface area contributed by atoms with E-state index < -0.39 is 17.9 Å². The third kappa shape index (κ3) is 5.46. The van der Waals surface area contributed by atoms with Crippen molar-refractivity contribution in [3.8, 4) is 11.5 Å². The number of aryl methyl sites for hydroxylation is 2. The summed E-state index contributed by atoms with van der Waals surface area (Å²) in [5.41, 5.74) is 4.34. The van der Waals surface area contributed by atoms with E-state index in [9.17, 15) is 14.4 Å². The number of benzene rings is 3. The van der Waals surface area contributed by atoms with Crippen molar-refractivity contribution in [3.63, 3.8) is 0 Å². The highest BCUT2D eigenvalue weighted by Crippen LogP contribution is 2.38. The van der Waals surface area contributed by atoms with Gasteiger partial charge in [0.15, 0.2) is 11.5 Å². The number of hydrogen-bond acceptors (Lipinski definition) is 7. The van der Waals surface area contributed by atoms with Gasteiger partial charge in [-0.1, -0.05) is 72.0 Å². The van der Waals surface area contributed by atoms with Crippen LogP contribution in [0.1, 0.15) is 28.7 Å². The number of nitrogens with zero attached hydrogens (tertiary/aromatic N) is 2. The number of carbonyl (C=O) groups is 3. The summed E-state index contributed by atoms with van der Waals surface area (Å²) in [6, 6.07) is 19.7. The molecule has 2 fully saturated rings. The van der Waals surface area contributed by atoms with E-state index in [2.05, 4.69) is 0 Å². The average Bonchev–Trinajstić information content (AvgIpc) is 3.36. The predicted octanol–water partition coefficient (Wildman–Crippen LogP) is 5.42. The second-order valence-corrected chi connectivity index (χ2v) is 11.0. The summed E-state index contributed by atoms with van der Waals surface area (Å²) in [7, 11) is 1.56. The molecular formula is C30H26N2O5S2. The minimum Gasteiger partial charge on any atom is -0.493 e. The van der Waals surface area contributed by atoms with Gasteiger partial charge in [0.1, 0.15) is 17.0 Å².